The van der Waals surface area contributed by atoms with Crippen LogP contribution in [0.4, 0.5) is 0 Å². The standard InChI is InChI=1S/C9H15N3O2/c10-6-2-1-3-12-4-7(9(6)14)11-8(13)5-12/h6-7H,1-5,10H2,(H,11,13)/t6?,7-/m1/s1. The number of piperazine rings is 1. The van der Waals surface area contributed by atoms with Gasteiger partial charge in [0.2, 0.25) is 5.91 Å². The lowest BCUT2D eigenvalue weighted by atomic mass is 9.97. The summed E-state index contributed by atoms with van der Waals surface area (Å²) in [4.78, 5) is 25.0. The molecule has 0 aromatic rings. The summed E-state index contributed by atoms with van der Waals surface area (Å²) in [6, 6.07) is -0.785. The highest BCUT2D eigenvalue weighted by Crippen LogP contribution is 2.10. The van der Waals surface area contributed by atoms with Crippen LogP contribution in [0.5, 0.6) is 0 Å². The third-order valence-corrected chi connectivity index (χ3v) is 2.84. The SMILES string of the molecule is NC1CCCN2CC(=O)N[C@H](C2)C1=O. The van der Waals surface area contributed by atoms with Gasteiger partial charge >= 0.3 is 0 Å². The summed E-state index contributed by atoms with van der Waals surface area (Å²) in [5, 5.41) is 2.69. The summed E-state index contributed by atoms with van der Waals surface area (Å²) in [7, 11) is 0. The maximum atomic E-state index is 11.7. The van der Waals surface area contributed by atoms with Gasteiger partial charge in [-0.15, -0.1) is 0 Å². The Balaban J connectivity index is 2.13. The van der Waals surface area contributed by atoms with Gasteiger partial charge in [-0.1, -0.05) is 0 Å². The van der Waals surface area contributed by atoms with E-state index < -0.39 is 6.04 Å². The molecule has 2 fully saturated rings. The predicted octanol–water partition coefficient (Wildman–Crippen LogP) is -1.52. The van der Waals surface area contributed by atoms with Crippen LogP contribution in [0.25, 0.3) is 0 Å². The largest absolute Gasteiger partial charge is 0.344 e. The van der Waals surface area contributed by atoms with Crippen molar-refractivity contribution >= 4 is 11.7 Å². The Morgan fingerprint density at radius 1 is 1.43 bits per heavy atom. The normalized spacial score (nSPS) is 38.5. The molecule has 78 valence electrons. The van der Waals surface area contributed by atoms with Crippen molar-refractivity contribution in [2.45, 2.75) is 24.9 Å². The van der Waals surface area contributed by atoms with E-state index in [2.05, 4.69) is 5.32 Å². The third kappa shape index (κ3) is 1.78. The minimum atomic E-state index is -0.402. The molecule has 2 rings (SSSR count). The van der Waals surface area contributed by atoms with Gasteiger partial charge in [0.05, 0.1) is 12.6 Å². The van der Waals surface area contributed by atoms with E-state index >= 15 is 0 Å². The first-order chi connectivity index (χ1) is 6.66. The number of nitrogens with one attached hydrogen (secondary N) is 1. The molecule has 5 nitrogen and oxygen atoms in total. The van der Waals surface area contributed by atoms with Crippen molar-refractivity contribution in [2.75, 3.05) is 19.6 Å². The quantitative estimate of drug-likeness (QED) is 0.494. The van der Waals surface area contributed by atoms with E-state index in [0.717, 1.165) is 19.4 Å². The van der Waals surface area contributed by atoms with Gasteiger partial charge in [0.15, 0.2) is 5.78 Å². The molecular weight excluding hydrogens is 182 g/mol. The van der Waals surface area contributed by atoms with Crippen molar-refractivity contribution in [1.82, 2.24) is 10.2 Å². The molecule has 3 atom stereocenters. The fraction of sp³-hybridized carbons (Fsp3) is 0.778. The smallest absolute Gasteiger partial charge is 0.234 e. The first-order valence-electron chi connectivity index (χ1n) is 4.98. The summed E-state index contributed by atoms with van der Waals surface area (Å²) in [6.07, 6.45) is 1.62. The van der Waals surface area contributed by atoms with Crippen LogP contribution < -0.4 is 11.1 Å². The second kappa shape index (κ2) is 3.67. The van der Waals surface area contributed by atoms with Gasteiger partial charge in [0.25, 0.3) is 0 Å². The maximum Gasteiger partial charge on any atom is 0.234 e. The molecule has 2 aliphatic heterocycles. The Morgan fingerprint density at radius 3 is 3.00 bits per heavy atom. The number of Topliss-reactive ketones (excluding diaryl/α,β-unsaturated/α-hetero) is 1. The third-order valence-electron chi connectivity index (χ3n) is 2.84. The zero-order valence-corrected chi connectivity index (χ0v) is 8.03. The molecule has 2 bridgehead atoms. The predicted molar refractivity (Wildman–Crippen MR) is 50.6 cm³/mol. The minimum absolute atomic E-state index is 0.0252. The minimum Gasteiger partial charge on any atom is -0.344 e. The summed E-state index contributed by atoms with van der Waals surface area (Å²) in [5.41, 5.74) is 5.71. The van der Waals surface area contributed by atoms with Crippen LogP contribution in [0.1, 0.15) is 12.8 Å². The molecule has 2 aliphatic rings. The van der Waals surface area contributed by atoms with Crippen LogP contribution in [0.2, 0.25) is 0 Å². The molecule has 0 radical (unpaired) electrons. The first kappa shape index (κ1) is 9.61. The molecule has 0 spiro atoms. The zero-order valence-electron chi connectivity index (χ0n) is 8.03. The van der Waals surface area contributed by atoms with E-state index in [0.29, 0.717) is 13.1 Å². The Bertz CT molecular complexity index is 267. The lowest BCUT2D eigenvalue weighted by Crippen LogP contribution is -2.61. The van der Waals surface area contributed by atoms with Crippen molar-refractivity contribution < 1.29 is 9.59 Å². The highest BCUT2D eigenvalue weighted by atomic mass is 16.2. The molecule has 2 saturated heterocycles. The summed E-state index contributed by atoms with van der Waals surface area (Å²) in [6.45, 7) is 1.90. The number of hydrogen-bond acceptors (Lipinski definition) is 4. The van der Waals surface area contributed by atoms with Gasteiger partial charge in [-0.25, -0.2) is 0 Å². The second-order valence-corrected chi connectivity index (χ2v) is 4.01. The summed E-state index contributed by atoms with van der Waals surface area (Å²) in [5.74, 6) is -0.0912. The molecule has 0 aromatic heterocycles. The number of hydrogen-bond donors (Lipinski definition) is 2. The van der Waals surface area contributed by atoms with Gasteiger partial charge in [-0.2, -0.15) is 0 Å². The van der Waals surface area contributed by atoms with Crippen LogP contribution in [-0.2, 0) is 9.59 Å². The van der Waals surface area contributed by atoms with Crippen LogP contribution >= 0.6 is 0 Å². The summed E-state index contributed by atoms with van der Waals surface area (Å²) < 4.78 is 0. The van der Waals surface area contributed by atoms with Gasteiger partial charge < -0.3 is 11.1 Å². The molecule has 14 heavy (non-hydrogen) atoms. The zero-order chi connectivity index (χ0) is 10.1. The van der Waals surface area contributed by atoms with Crippen LogP contribution in [0, 0.1) is 0 Å². The second-order valence-electron chi connectivity index (χ2n) is 4.01. The van der Waals surface area contributed by atoms with E-state index in [1.54, 1.807) is 0 Å². The Kier molecular flexibility index (Phi) is 2.52. The fourth-order valence-electron chi connectivity index (χ4n) is 2.08. The van der Waals surface area contributed by atoms with E-state index in [-0.39, 0.29) is 17.7 Å². The molecule has 5 heteroatoms. The lowest BCUT2D eigenvalue weighted by Gasteiger charge is -2.35. The molecular formula is C9H15N3O2. The van der Waals surface area contributed by atoms with Crippen LogP contribution in [0.3, 0.4) is 0 Å². The topological polar surface area (TPSA) is 75.4 Å². The monoisotopic (exact) mass is 197 g/mol. The number of carbonyl (C=O) groups is 2. The summed E-state index contributed by atoms with van der Waals surface area (Å²) >= 11 is 0. The van der Waals surface area contributed by atoms with Crippen molar-refractivity contribution in [1.29, 1.82) is 0 Å². The van der Waals surface area contributed by atoms with E-state index in [9.17, 15) is 9.59 Å². The highest BCUT2D eigenvalue weighted by Gasteiger charge is 2.33. The van der Waals surface area contributed by atoms with E-state index in [4.69, 9.17) is 5.73 Å². The van der Waals surface area contributed by atoms with Crippen LogP contribution in [-0.4, -0.2) is 48.3 Å². The first-order valence-corrected chi connectivity index (χ1v) is 4.98. The van der Waals surface area contributed by atoms with Crippen molar-refractivity contribution in [3.05, 3.63) is 0 Å². The van der Waals surface area contributed by atoms with Gasteiger partial charge in [-0.05, 0) is 19.4 Å². The van der Waals surface area contributed by atoms with E-state index in [1.165, 1.54) is 0 Å². The number of fused-ring (bicyclic) bond motifs is 2. The number of rotatable bonds is 0. The molecule has 3 N–H and O–H groups in total. The Morgan fingerprint density at radius 2 is 2.21 bits per heavy atom. The molecule has 0 aliphatic carbocycles. The van der Waals surface area contributed by atoms with Gasteiger partial charge in [-0.3, -0.25) is 14.5 Å². The number of nitrogens with two attached hydrogens (primary N) is 1. The molecule has 2 unspecified atom stereocenters. The van der Waals surface area contributed by atoms with Crippen molar-refractivity contribution in [2.24, 2.45) is 5.73 Å². The van der Waals surface area contributed by atoms with Crippen molar-refractivity contribution in [3.8, 4) is 0 Å². The highest BCUT2D eigenvalue weighted by molar-refractivity contribution is 5.94. The Hall–Kier alpha value is -0.940. The maximum absolute atomic E-state index is 11.7. The molecule has 2 heterocycles. The average molecular weight is 197 g/mol. The fourth-order valence-corrected chi connectivity index (χ4v) is 2.08. The molecule has 1 amide bonds. The van der Waals surface area contributed by atoms with Gasteiger partial charge in [0.1, 0.15) is 6.04 Å². The van der Waals surface area contributed by atoms with Crippen molar-refractivity contribution in [3.63, 3.8) is 0 Å². The number of amides is 1. The Labute approximate surface area is 82.6 Å². The van der Waals surface area contributed by atoms with E-state index in [1.807, 2.05) is 4.90 Å². The molecule has 0 saturated carbocycles. The number of ketones is 1. The lowest BCUT2D eigenvalue weighted by molar-refractivity contribution is -0.133. The number of nitrogens with zero attached hydrogens (tertiary/aromatic N) is 1. The number of carbonyl (C=O) groups excluding carboxylic acids is 2. The molecule has 0 aromatic carbocycles. The average Bonchev–Trinajstić information content (AvgIpc) is 2.14. The van der Waals surface area contributed by atoms with Gasteiger partial charge in [0, 0.05) is 6.54 Å². The van der Waals surface area contributed by atoms with Crippen LogP contribution in [0.15, 0.2) is 0 Å².